The fourth-order valence-electron chi connectivity index (χ4n) is 3.67. The third-order valence-corrected chi connectivity index (χ3v) is 6.11. The molecule has 0 bridgehead atoms. The van der Waals surface area contributed by atoms with Crippen molar-refractivity contribution in [2.45, 2.75) is 12.3 Å². The molecular weight excluding hydrogens is 393 g/mol. The largest absolute Gasteiger partial charge is 0.493 e. The number of hydrogen-bond acceptors (Lipinski definition) is 5. The highest BCUT2D eigenvalue weighted by molar-refractivity contribution is 7.11. The molecule has 1 aliphatic heterocycles. The lowest BCUT2D eigenvalue weighted by Crippen LogP contribution is -2.22. The van der Waals surface area contributed by atoms with Crippen molar-refractivity contribution in [3.8, 4) is 28.4 Å². The van der Waals surface area contributed by atoms with Crippen LogP contribution in [-0.2, 0) is 4.79 Å². The van der Waals surface area contributed by atoms with Gasteiger partial charge in [0.2, 0.25) is 11.7 Å². The second kappa shape index (κ2) is 7.75. The number of carbonyl (C=O) groups excluding carboxylic acids is 1. The van der Waals surface area contributed by atoms with E-state index in [1.165, 1.54) is 12.1 Å². The summed E-state index contributed by atoms with van der Waals surface area (Å²) < 4.78 is 30.1. The Morgan fingerprint density at radius 1 is 1.07 bits per heavy atom. The van der Waals surface area contributed by atoms with Crippen LogP contribution in [0.15, 0.2) is 41.8 Å². The maximum Gasteiger partial charge on any atom is 0.225 e. The van der Waals surface area contributed by atoms with Gasteiger partial charge < -0.3 is 19.5 Å². The molecule has 7 heteroatoms. The first kappa shape index (κ1) is 19.3. The van der Waals surface area contributed by atoms with Gasteiger partial charge in [-0.05, 0) is 35.4 Å². The van der Waals surface area contributed by atoms with Gasteiger partial charge in [-0.2, -0.15) is 0 Å². The summed E-state index contributed by atoms with van der Waals surface area (Å²) in [6.07, 6.45) is 0.300. The number of ether oxygens (including phenoxy) is 3. The second-order valence-electron chi connectivity index (χ2n) is 6.66. The smallest absolute Gasteiger partial charge is 0.225 e. The average molecular weight is 413 g/mol. The van der Waals surface area contributed by atoms with Gasteiger partial charge >= 0.3 is 0 Å². The van der Waals surface area contributed by atoms with Crippen molar-refractivity contribution in [2.24, 2.45) is 0 Å². The summed E-state index contributed by atoms with van der Waals surface area (Å²) in [6, 6.07) is 10.1. The third-order valence-electron chi connectivity index (χ3n) is 5.01. The fraction of sp³-hybridized carbons (Fsp3) is 0.227. The standard InChI is InChI=1S/C22H20FNO4S/c1-26-17-8-13(9-18(27-2)21(17)28-3)15-10-19(25)24-20-16(11-29-22(15)20)12-5-4-6-14(23)7-12/h4-9,11,15H,10H2,1-3H3,(H,24,25)/t15-/m1/s1. The Balaban J connectivity index is 1.84. The molecular formula is C22H20FNO4S. The summed E-state index contributed by atoms with van der Waals surface area (Å²) in [6.45, 7) is 0. The lowest BCUT2D eigenvalue weighted by molar-refractivity contribution is -0.116. The minimum Gasteiger partial charge on any atom is -0.493 e. The molecule has 0 radical (unpaired) electrons. The van der Waals surface area contributed by atoms with E-state index in [0.29, 0.717) is 23.7 Å². The van der Waals surface area contributed by atoms with Crippen molar-refractivity contribution in [1.82, 2.24) is 0 Å². The molecule has 3 aromatic rings. The lowest BCUT2D eigenvalue weighted by atomic mass is 9.88. The second-order valence-corrected chi connectivity index (χ2v) is 7.57. The first-order chi connectivity index (χ1) is 14.0. The number of halogens is 1. The van der Waals surface area contributed by atoms with E-state index in [1.807, 2.05) is 23.6 Å². The van der Waals surface area contributed by atoms with E-state index < -0.39 is 0 Å². The lowest BCUT2D eigenvalue weighted by Gasteiger charge is -2.25. The normalized spacial score (nSPS) is 15.4. The number of carbonyl (C=O) groups is 1. The van der Waals surface area contributed by atoms with Gasteiger partial charge in [-0.25, -0.2) is 4.39 Å². The number of rotatable bonds is 5. The van der Waals surface area contributed by atoms with Crippen molar-refractivity contribution in [3.63, 3.8) is 0 Å². The Kier molecular flexibility index (Phi) is 5.15. The molecule has 0 spiro atoms. The molecule has 1 aliphatic rings. The van der Waals surface area contributed by atoms with Crippen molar-refractivity contribution >= 4 is 22.9 Å². The monoisotopic (exact) mass is 413 g/mol. The quantitative estimate of drug-likeness (QED) is 0.636. The van der Waals surface area contributed by atoms with Crippen LogP contribution in [0.4, 0.5) is 10.1 Å². The van der Waals surface area contributed by atoms with E-state index in [4.69, 9.17) is 14.2 Å². The summed E-state index contributed by atoms with van der Waals surface area (Å²) in [7, 11) is 4.68. The van der Waals surface area contributed by atoms with Gasteiger partial charge in [0, 0.05) is 28.2 Å². The summed E-state index contributed by atoms with van der Waals surface area (Å²) >= 11 is 1.54. The summed E-state index contributed by atoms with van der Waals surface area (Å²) in [4.78, 5) is 13.5. The van der Waals surface area contributed by atoms with Gasteiger partial charge in [-0.15, -0.1) is 11.3 Å². The Morgan fingerprint density at radius 2 is 1.79 bits per heavy atom. The van der Waals surface area contributed by atoms with Crippen LogP contribution >= 0.6 is 11.3 Å². The minimum absolute atomic E-state index is 0.0905. The first-order valence-electron chi connectivity index (χ1n) is 9.02. The Labute approximate surface area is 172 Å². The maximum atomic E-state index is 13.7. The number of anilines is 1. The van der Waals surface area contributed by atoms with Gasteiger partial charge in [0.1, 0.15) is 5.82 Å². The molecule has 0 saturated heterocycles. The average Bonchev–Trinajstić information content (AvgIpc) is 3.15. The van der Waals surface area contributed by atoms with Crippen molar-refractivity contribution in [1.29, 1.82) is 0 Å². The minimum atomic E-state index is -0.314. The van der Waals surface area contributed by atoms with Crippen LogP contribution in [0.3, 0.4) is 0 Å². The molecule has 1 N–H and O–H groups in total. The number of benzene rings is 2. The Bertz CT molecular complexity index is 1050. The number of amides is 1. The Morgan fingerprint density at radius 3 is 2.41 bits per heavy atom. The molecule has 2 aromatic carbocycles. The van der Waals surface area contributed by atoms with Crippen molar-refractivity contribution in [2.75, 3.05) is 26.6 Å². The molecule has 0 fully saturated rings. The molecule has 1 amide bonds. The van der Waals surface area contributed by atoms with E-state index in [1.54, 1.807) is 38.7 Å². The molecule has 29 heavy (non-hydrogen) atoms. The molecule has 4 rings (SSSR count). The van der Waals surface area contributed by atoms with Crippen LogP contribution in [0.5, 0.6) is 17.2 Å². The predicted molar refractivity (Wildman–Crippen MR) is 111 cm³/mol. The third kappa shape index (κ3) is 3.42. The molecule has 5 nitrogen and oxygen atoms in total. The zero-order valence-corrected chi connectivity index (χ0v) is 17.1. The number of thiophene rings is 1. The van der Waals surface area contributed by atoms with Gasteiger partial charge in [0.25, 0.3) is 0 Å². The van der Waals surface area contributed by atoms with Crippen LogP contribution in [0.1, 0.15) is 22.8 Å². The van der Waals surface area contributed by atoms with E-state index in [-0.39, 0.29) is 17.6 Å². The van der Waals surface area contributed by atoms with Crippen LogP contribution in [-0.4, -0.2) is 27.2 Å². The molecule has 0 unspecified atom stereocenters. The van der Waals surface area contributed by atoms with Crippen LogP contribution in [0, 0.1) is 5.82 Å². The van der Waals surface area contributed by atoms with Crippen LogP contribution in [0.2, 0.25) is 0 Å². The zero-order valence-electron chi connectivity index (χ0n) is 16.2. The van der Waals surface area contributed by atoms with Crippen LogP contribution in [0.25, 0.3) is 11.1 Å². The number of methoxy groups -OCH3 is 3. The summed E-state index contributed by atoms with van der Waals surface area (Å²) in [5.41, 5.74) is 3.17. The van der Waals surface area contributed by atoms with Gasteiger partial charge in [0.15, 0.2) is 11.5 Å². The topological polar surface area (TPSA) is 56.8 Å². The first-order valence-corrected chi connectivity index (χ1v) is 9.90. The van der Waals surface area contributed by atoms with E-state index >= 15 is 0 Å². The maximum absolute atomic E-state index is 13.7. The summed E-state index contributed by atoms with van der Waals surface area (Å²) in [5.74, 6) is 1.01. The highest BCUT2D eigenvalue weighted by Gasteiger charge is 2.32. The molecule has 150 valence electrons. The SMILES string of the molecule is COc1cc([C@H]2CC(=O)Nc3c(-c4cccc(F)c4)csc32)cc(OC)c1OC. The number of hydrogen-bond donors (Lipinski definition) is 1. The molecule has 0 aliphatic carbocycles. The van der Waals surface area contributed by atoms with E-state index in [2.05, 4.69) is 5.32 Å². The highest BCUT2D eigenvalue weighted by Crippen LogP contribution is 2.49. The molecule has 1 atom stereocenters. The van der Waals surface area contributed by atoms with E-state index in [9.17, 15) is 9.18 Å². The van der Waals surface area contributed by atoms with Gasteiger partial charge in [-0.1, -0.05) is 12.1 Å². The number of fused-ring (bicyclic) bond motifs is 1. The summed E-state index contributed by atoms with van der Waals surface area (Å²) in [5, 5.41) is 4.92. The molecule has 1 aromatic heterocycles. The molecule has 2 heterocycles. The van der Waals surface area contributed by atoms with E-state index in [0.717, 1.165) is 27.3 Å². The highest BCUT2D eigenvalue weighted by atomic mass is 32.1. The molecule has 0 saturated carbocycles. The van der Waals surface area contributed by atoms with Crippen LogP contribution < -0.4 is 19.5 Å². The van der Waals surface area contributed by atoms with Gasteiger partial charge in [-0.3, -0.25) is 4.79 Å². The van der Waals surface area contributed by atoms with Crippen molar-refractivity contribution in [3.05, 3.63) is 58.0 Å². The fourth-order valence-corrected chi connectivity index (χ4v) is 4.83. The van der Waals surface area contributed by atoms with Crippen molar-refractivity contribution < 1.29 is 23.4 Å². The number of nitrogens with one attached hydrogen (secondary N) is 1. The predicted octanol–water partition coefficient (Wildman–Crippen LogP) is 5.05. The zero-order chi connectivity index (χ0) is 20.5. The Hall–Kier alpha value is -3.06. The van der Waals surface area contributed by atoms with Gasteiger partial charge in [0.05, 0.1) is 27.0 Å².